The van der Waals surface area contributed by atoms with Gasteiger partial charge in [0.1, 0.15) is 11.4 Å². The van der Waals surface area contributed by atoms with Crippen LogP contribution in [0.25, 0.3) is 11.1 Å². The molecule has 43 heavy (non-hydrogen) atoms. The second kappa shape index (κ2) is 15.0. The number of rotatable bonds is 14. The largest absolute Gasteiger partial charge is 0.506 e. The SMILES string of the molecule is Cn1cc(-c2ccccc2CCOCCC(=O)N(CCNCCc2ccc(O)c3c2OCC(=O)N3)C2CCCCC2)cn1. The highest BCUT2D eigenvalue weighted by atomic mass is 16.5. The number of aromatic hydroxyl groups is 1. The summed E-state index contributed by atoms with van der Waals surface area (Å²) in [4.78, 5) is 27.1. The lowest BCUT2D eigenvalue weighted by atomic mass is 9.94. The number of hydrogen-bond donors (Lipinski definition) is 3. The van der Waals surface area contributed by atoms with Gasteiger partial charge in [-0.05, 0) is 55.0 Å². The zero-order valence-electron chi connectivity index (χ0n) is 25.0. The molecule has 1 fully saturated rings. The Bertz CT molecular complexity index is 1380. The summed E-state index contributed by atoms with van der Waals surface area (Å²) in [6, 6.07) is 12.0. The van der Waals surface area contributed by atoms with Crippen LogP contribution in [0.3, 0.4) is 0 Å². The molecule has 3 aromatic rings. The fraction of sp³-hybridized carbons (Fsp3) is 0.485. The number of phenols is 1. The number of amides is 2. The monoisotopic (exact) mass is 589 g/mol. The van der Waals surface area contributed by atoms with Gasteiger partial charge in [-0.15, -0.1) is 0 Å². The van der Waals surface area contributed by atoms with Gasteiger partial charge in [0, 0.05) is 37.9 Å². The molecule has 0 bridgehead atoms. The highest BCUT2D eigenvalue weighted by molar-refractivity contribution is 5.97. The van der Waals surface area contributed by atoms with Crippen LogP contribution in [0.5, 0.6) is 11.5 Å². The quantitative estimate of drug-likeness (QED) is 0.192. The van der Waals surface area contributed by atoms with E-state index in [0.29, 0.717) is 57.1 Å². The van der Waals surface area contributed by atoms with E-state index in [1.165, 1.54) is 12.0 Å². The number of carbonyl (C=O) groups excluding carboxylic acids is 2. The van der Waals surface area contributed by atoms with Crippen LogP contribution in [0.15, 0.2) is 48.8 Å². The van der Waals surface area contributed by atoms with E-state index in [1.807, 2.05) is 37.6 Å². The number of fused-ring (bicyclic) bond motifs is 1. The minimum atomic E-state index is -0.276. The van der Waals surface area contributed by atoms with Crippen molar-refractivity contribution in [1.29, 1.82) is 0 Å². The molecule has 0 atom stereocenters. The fourth-order valence-corrected chi connectivity index (χ4v) is 6.03. The van der Waals surface area contributed by atoms with Gasteiger partial charge < -0.3 is 30.1 Å². The van der Waals surface area contributed by atoms with E-state index in [0.717, 1.165) is 48.8 Å². The predicted octanol–water partition coefficient (Wildman–Crippen LogP) is 4.07. The summed E-state index contributed by atoms with van der Waals surface area (Å²) < 4.78 is 13.4. The van der Waals surface area contributed by atoms with Gasteiger partial charge in [0.05, 0.1) is 25.8 Å². The van der Waals surface area contributed by atoms with Crippen molar-refractivity contribution in [3.05, 3.63) is 59.9 Å². The van der Waals surface area contributed by atoms with Crippen LogP contribution in [-0.4, -0.2) is 77.1 Å². The number of aromatic nitrogens is 2. The Morgan fingerprint density at radius 3 is 2.77 bits per heavy atom. The highest BCUT2D eigenvalue weighted by Gasteiger charge is 2.25. The molecular formula is C33H43N5O5. The van der Waals surface area contributed by atoms with Crippen LogP contribution >= 0.6 is 0 Å². The van der Waals surface area contributed by atoms with Crippen molar-refractivity contribution < 1.29 is 24.2 Å². The van der Waals surface area contributed by atoms with Gasteiger partial charge in [0.15, 0.2) is 12.4 Å². The van der Waals surface area contributed by atoms with Crippen molar-refractivity contribution in [2.45, 2.75) is 57.4 Å². The molecule has 1 saturated carbocycles. The molecule has 1 aliphatic carbocycles. The average Bonchev–Trinajstić information content (AvgIpc) is 3.46. The smallest absolute Gasteiger partial charge is 0.262 e. The third-order valence-corrected chi connectivity index (χ3v) is 8.27. The molecule has 0 radical (unpaired) electrons. The average molecular weight is 590 g/mol. The highest BCUT2D eigenvalue weighted by Crippen LogP contribution is 2.39. The Morgan fingerprint density at radius 1 is 1.12 bits per heavy atom. The third kappa shape index (κ3) is 8.14. The number of phenolic OH excluding ortho intramolecular Hbond substituents is 1. The maximum absolute atomic E-state index is 13.4. The topological polar surface area (TPSA) is 118 Å². The zero-order chi connectivity index (χ0) is 30.0. The van der Waals surface area contributed by atoms with Crippen LogP contribution in [0, 0.1) is 0 Å². The fourth-order valence-electron chi connectivity index (χ4n) is 6.03. The number of benzene rings is 2. The molecule has 5 rings (SSSR count). The summed E-state index contributed by atoms with van der Waals surface area (Å²) in [5.41, 5.74) is 4.72. The Labute approximate surface area is 253 Å². The van der Waals surface area contributed by atoms with Gasteiger partial charge in [-0.1, -0.05) is 49.6 Å². The van der Waals surface area contributed by atoms with Gasteiger partial charge in [-0.25, -0.2) is 0 Å². The number of nitrogens with one attached hydrogen (secondary N) is 2. The van der Waals surface area contributed by atoms with E-state index >= 15 is 0 Å². The Kier molecular flexibility index (Phi) is 10.7. The number of aryl methyl sites for hydroxylation is 1. The third-order valence-electron chi connectivity index (χ3n) is 8.27. The summed E-state index contributed by atoms with van der Waals surface area (Å²) in [6.45, 7) is 2.94. The molecule has 3 N–H and O–H groups in total. The second-order valence-corrected chi connectivity index (χ2v) is 11.3. The van der Waals surface area contributed by atoms with Crippen LogP contribution in [0.1, 0.15) is 49.7 Å². The Hall–Kier alpha value is -3.89. The van der Waals surface area contributed by atoms with Crippen molar-refractivity contribution in [2.24, 2.45) is 7.05 Å². The van der Waals surface area contributed by atoms with Crippen molar-refractivity contribution in [3.8, 4) is 22.6 Å². The second-order valence-electron chi connectivity index (χ2n) is 11.3. The summed E-state index contributed by atoms with van der Waals surface area (Å²) in [6.07, 6.45) is 11.4. The van der Waals surface area contributed by atoms with Gasteiger partial charge in [-0.2, -0.15) is 5.10 Å². The van der Waals surface area contributed by atoms with E-state index < -0.39 is 0 Å². The molecule has 0 spiro atoms. The Balaban J connectivity index is 1.07. The van der Waals surface area contributed by atoms with Gasteiger partial charge in [0.25, 0.3) is 5.91 Å². The van der Waals surface area contributed by atoms with E-state index in [2.05, 4.69) is 32.8 Å². The maximum atomic E-state index is 13.4. The van der Waals surface area contributed by atoms with Crippen LogP contribution in [0.4, 0.5) is 5.69 Å². The number of carbonyl (C=O) groups is 2. The van der Waals surface area contributed by atoms with Crippen molar-refractivity contribution in [3.63, 3.8) is 0 Å². The minimum absolute atomic E-state index is 0.0000682. The van der Waals surface area contributed by atoms with Crippen molar-refractivity contribution in [1.82, 2.24) is 20.0 Å². The predicted molar refractivity (Wildman–Crippen MR) is 165 cm³/mol. The van der Waals surface area contributed by atoms with E-state index in [4.69, 9.17) is 9.47 Å². The first-order valence-corrected chi connectivity index (χ1v) is 15.4. The molecule has 0 saturated heterocycles. The number of anilines is 1. The first kappa shape index (κ1) is 30.6. The van der Waals surface area contributed by atoms with E-state index in [-0.39, 0.29) is 30.2 Å². The van der Waals surface area contributed by atoms with E-state index in [9.17, 15) is 14.7 Å². The lowest BCUT2D eigenvalue weighted by molar-refractivity contribution is -0.135. The number of hydrogen-bond acceptors (Lipinski definition) is 7. The zero-order valence-corrected chi connectivity index (χ0v) is 25.0. The molecule has 1 aliphatic heterocycles. The summed E-state index contributed by atoms with van der Waals surface area (Å²) >= 11 is 0. The van der Waals surface area contributed by atoms with E-state index in [1.54, 1.807) is 10.7 Å². The standard InChI is InChI=1S/C33H43N5O5/c1-37-22-26(21-35-37)28-10-6-5-7-24(28)14-19-42-20-15-31(41)38(27-8-3-2-4-9-27)18-17-34-16-13-25-11-12-29(39)32-33(25)43-23-30(40)36-32/h5-7,10-12,21-22,27,34,39H,2-4,8-9,13-20,23H2,1H3,(H,36,40). The molecule has 2 aliphatic rings. The summed E-state index contributed by atoms with van der Waals surface area (Å²) in [5.74, 6) is 0.407. The normalized spacial score (nSPS) is 15.0. The first-order chi connectivity index (χ1) is 21.0. The molecule has 2 aromatic carbocycles. The molecule has 230 valence electrons. The number of nitrogens with zero attached hydrogens (tertiary/aromatic N) is 3. The summed E-state index contributed by atoms with van der Waals surface area (Å²) in [7, 11) is 1.92. The molecule has 10 nitrogen and oxygen atoms in total. The molecule has 10 heteroatoms. The Morgan fingerprint density at radius 2 is 1.95 bits per heavy atom. The van der Waals surface area contributed by atoms with Gasteiger partial charge >= 0.3 is 0 Å². The van der Waals surface area contributed by atoms with Crippen LogP contribution < -0.4 is 15.4 Å². The van der Waals surface area contributed by atoms with Crippen LogP contribution in [0.2, 0.25) is 0 Å². The lowest BCUT2D eigenvalue weighted by Gasteiger charge is -2.34. The van der Waals surface area contributed by atoms with Crippen LogP contribution in [-0.2, 0) is 34.2 Å². The molecule has 1 aromatic heterocycles. The summed E-state index contributed by atoms with van der Waals surface area (Å²) in [5, 5.41) is 20.5. The van der Waals surface area contributed by atoms with Gasteiger partial charge in [-0.3, -0.25) is 14.3 Å². The number of ether oxygens (including phenoxy) is 2. The minimum Gasteiger partial charge on any atom is -0.506 e. The molecule has 2 amide bonds. The first-order valence-electron chi connectivity index (χ1n) is 15.4. The lowest BCUT2D eigenvalue weighted by Crippen LogP contribution is -2.45. The van der Waals surface area contributed by atoms with Crippen molar-refractivity contribution >= 4 is 17.5 Å². The molecular weight excluding hydrogens is 546 g/mol. The molecule has 0 unspecified atom stereocenters. The molecule has 2 heterocycles. The van der Waals surface area contributed by atoms with Gasteiger partial charge in [0.2, 0.25) is 5.91 Å². The van der Waals surface area contributed by atoms with Crippen molar-refractivity contribution in [2.75, 3.05) is 44.8 Å². The maximum Gasteiger partial charge on any atom is 0.262 e.